The summed E-state index contributed by atoms with van der Waals surface area (Å²) in [4.78, 5) is 5.25. The van der Waals surface area contributed by atoms with E-state index in [9.17, 15) is 5.11 Å². The Hall–Kier alpha value is -1.35. The first-order chi connectivity index (χ1) is 6.25. The monoisotopic (exact) mass is 191 g/mol. The first kappa shape index (κ1) is 8.26. The predicted octanol–water partition coefficient (Wildman–Crippen LogP) is 2.82. The van der Waals surface area contributed by atoms with Gasteiger partial charge in [0.05, 0.1) is 9.88 Å². The summed E-state index contributed by atoms with van der Waals surface area (Å²) in [6.45, 7) is 1.97. The minimum Gasteiger partial charge on any atom is -0.508 e. The van der Waals surface area contributed by atoms with Gasteiger partial charge in [-0.2, -0.15) is 0 Å². The molecule has 3 heteroatoms. The molecule has 2 nitrogen and oxygen atoms in total. The molecule has 0 saturated carbocycles. The smallest absolute Gasteiger partial charge is 0.116 e. The lowest BCUT2D eigenvalue weighted by Gasteiger charge is -1.96. The van der Waals surface area contributed by atoms with Crippen LogP contribution in [0.4, 0.5) is 0 Å². The van der Waals surface area contributed by atoms with Gasteiger partial charge in [-0.05, 0) is 24.6 Å². The second kappa shape index (κ2) is 3.18. The number of aromatic nitrogens is 1. The summed E-state index contributed by atoms with van der Waals surface area (Å²) in [5.41, 5.74) is 1.02. The Morgan fingerprint density at radius 3 is 2.85 bits per heavy atom. The highest BCUT2D eigenvalue weighted by Gasteiger charge is 2.01. The molecule has 0 atom stereocenters. The number of aryl methyl sites for hydroxylation is 1. The van der Waals surface area contributed by atoms with Crippen LogP contribution in [0.2, 0.25) is 0 Å². The molecule has 66 valence electrons. The zero-order valence-corrected chi connectivity index (χ0v) is 8.01. The fourth-order valence-electron chi connectivity index (χ4n) is 1.15. The van der Waals surface area contributed by atoms with Crippen LogP contribution in [0.3, 0.4) is 0 Å². The highest BCUT2D eigenvalue weighted by atomic mass is 32.1. The largest absolute Gasteiger partial charge is 0.508 e. The second-order valence-corrected chi connectivity index (χ2v) is 4.03. The van der Waals surface area contributed by atoms with Crippen molar-refractivity contribution in [3.63, 3.8) is 0 Å². The minimum absolute atomic E-state index is 0.295. The maximum atomic E-state index is 9.27. The summed E-state index contributed by atoms with van der Waals surface area (Å²) >= 11 is 1.63. The van der Waals surface area contributed by atoms with E-state index in [2.05, 4.69) is 4.98 Å². The van der Waals surface area contributed by atoms with Crippen LogP contribution < -0.4 is 0 Å². The normalized spacial score (nSPS) is 10.2. The number of nitrogens with zero attached hydrogens (tertiary/aromatic N) is 1. The average molecular weight is 191 g/mol. The van der Waals surface area contributed by atoms with Crippen LogP contribution in [-0.2, 0) is 0 Å². The van der Waals surface area contributed by atoms with Gasteiger partial charge in [0.25, 0.3) is 0 Å². The third-order valence-corrected chi connectivity index (χ3v) is 2.71. The van der Waals surface area contributed by atoms with Gasteiger partial charge in [0.15, 0.2) is 0 Å². The van der Waals surface area contributed by atoms with E-state index in [1.807, 2.05) is 25.3 Å². The van der Waals surface area contributed by atoms with Crippen molar-refractivity contribution in [2.75, 3.05) is 0 Å². The quantitative estimate of drug-likeness (QED) is 0.751. The molecule has 0 unspecified atom stereocenters. The molecule has 1 N–H and O–H groups in total. The molecule has 1 heterocycles. The molecular weight excluding hydrogens is 182 g/mol. The molecular formula is C10H9NOS. The molecule has 0 saturated heterocycles. The van der Waals surface area contributed by atoms with Crippen molar-refractivity contribution >= 4 is 11.3 Å². The van der Waals surface area contributed by atoms with Gasteiger partial charge in [-0.1, -0.05) is 12.1 Å². The van der Waals surface area contributed by atoms with E-state index in [0.29, 0.717) is 5.75 Å². The molecule has 0 aliphatic rings. The molecule has 1 aromatic carbocycles. The maximum absolute atomic E-state index is 9.27. The van der Waals surface area contributed by atoms with Gasteiger partial charge in [-0.25, -0.2) is 4.98 Å². The number of phenols is 1. The Bertz CT molecular complexity index is 422. The van der Waals surface area contributed by atoms with Crippen LogP contribution in [0.1, 0.15) is 5.01 Å². The van der Waals surface area contributed by atoms with Gasteiger partial charge >= 0.3 is 0 Å². The fraction of sp³-hybridized carbons (Fsp3) is 0.100. The number of hydrogen-bond donors (Lipinski definition) is 1. The van der Waals surface area contributed by atoms with Crippen molar-refractivity contribution in [3.8, 4) is 16.2 Å². The number of phenolic OH excluding ortho intramolecular Hbond substituents is 1. The summed E-state index contributed by atoms with van der Waals surface area (Å²) in [5.74, 6) is 0.295. The summed E-state index contributed by atoms with van der Waals surface area (Å²) < 4.78 is 0. The Kier molecular flexibility index (Phi) is 2.02. The molecule has 0 bridgehead atoms. The van der Waals surface area contributed by atoms with E-state index in [1.165, 1.54) is 0 Å². The van der Waals surface area contributed by atoms with Gasteiger partial charge in [0, 0.05) is 6.20 Å². The molecule has 0 aliphatic carbocycles. The average Bonchev–Trinajstić information content (AvgIpc) is 2.52. The summed E-state index contributed by atoms with van der Waals surface area (Å²) in [5, 5.41) is 10.3. The Balaban J connectivity index is 2.46. The molecule has 0 radical (unpaired) electrons. The lowest BCUT2D eigenvalue weighted by Crippen LogP contribution is -1.70. The van der Waals surface area contributed by atoms with Crippen LogP contribution in [-0.4, -0.2) is 10.1 Å². The van der Waals surface area contributed by atoms with Crippen molar-refractivity contribution in [1.82, 2.24) is 4.98 Å². The second-order valence-electron chi connectivity index (χ2n) is 2.79. The Morgan fingerprint density at radius 1 is 1.38 bits per heavy atom. The van der Waals surface area contributed by atoms with Crippen molar-refractivity contribution in [2.45, 2.75) is 6.92 Å². The minimum atomic E-state index is 0.295. The topological polar surface area (TPSA) is 33.1 Å². The van der Waals surface area contributed by atoms with Gasteiger partial charge in [0.1, 0.15) is 5.75 Å². The van der Waals surface area contributed by atoms with E-state index in [1.54, 1.807) is 23.5 Å². The van der Waals surface area contributed by atoms with Gasteiger partial charge in [-0.3, -0.25) is 0 Å². The van der Waals surface area contributed by atoms with Crippen molar-refractivity contribution in [2.24, 2.45) is 0 Å². The lowest BCUT2D eigenvalue weighted by atomic mass is 10.2. The first-order valence-electron chi connectivity index (χ1n) is 3.97. The van der Waals surface area contributed by atoms with E-state index in [4.69, 9.17) is 0 Å². The maximum Gasteiger partial charge on any atom is 0.116 e. The summed E-state index contributed by atoms with van der Waals surface area (Å²) in [6, 6.07) is 7.21. The molecule has 0 amide bonds. The van der Waals surface area contributed by atoms with Gasteiger partial charge < -0.3 is 5.11 Å². The molecule has 0 aliphatic heterocycles. The van der Waals surface area contributed by atoms with Crippen molar-refractivity contribution < 1.29 is 5.11 Å². The van der Waals surface area contributed by atoms with Crippen LogP contribution >= 0.6 is 11.3 Å². The van der Waals surface area contributed by atoms with Crippen LogP contribution in [0.25, 0.3) is 10.4 Å². The lowest BCUT2D eigenvalue weighted by molar-refractivity contribution is 0.475. The number of rotatable bonds is 1. The molecule has 13 heavy (non-hydrogen) atoms. The highest BCUT2D eigenvalue weighted by molar-refractivity contribution is 7.15. The Labute approximate surface area is 80.5 Å². The molecule has 0 fully saturated rings. The predicted molar refractivity (Wildman–Crippen MR) is 54.0 cm³/mol. The van der Waals surface area contributed by atoms with Crippen LogP contribution in [0, 0.1) is 6.92 Å². The molecule has 0 spiro atoms. The van der Waals surface area contributed by atoms with E-state index in [0.717, 1.165) is 15.4 Å². The molecule has 2 rings (SSSR count). The number of benzene rings is 1. The van der Waals surface area contributed by atoms with E-state index in [-0.39, 0.29) is 0 Å². The van der Waals surface area contributed by atoms with Gasteiger partial charge in [0.2, 0.25) is 0 Å². The third kappa shape index (κ3) is 1.70. The first-order valence-corrected chi connectivity index (χ1v) is 4.79. The number of aromatic hydroxyl groups is 1. The Morgan fingerprint density at radius 2 is 2.23 bits per heavy atom. The standard InChI is InChI=1S/C10H9NOS/c1-7-11-6-10(13-7)8-3-2-4-9(12)5-8/h2-6,12H,1H3. The summed E-state index contributed by atoms with van der Waals surface area (Å²) in [6.07, 6.45) is 1.83. The number of thiazole rings is 1. The number of hydrogen-bond acceptors (Lipinski definition) is 3. The SMILES string of the molecule is Cc1ncc(-c2cccc(O)c2)s1. The van der Waals surface area contributed by atoms with Crippen molar-refractivity contribution in [3.05, 3.63) is 35.5 Å². The fourth-order valence-corrected chi connectivity index (χ4v) is 1.93. The molecule has 2 aromatic rings. The van der Waals surface area contributed by atoms with Crippen molar-refractivity contribution in [1.29, 1.82) is 0 Å². The van der Waals surface area contributed by atoms with Gasteiger partial charge in [-0.15, -0.1) is 11.3 Å². The van der Waals surface area contributed by atoms with Crippen LogP contribution in [0.15, 0.2) is 30.5 Å². The van der Waals surface area contributed by atoms with E-state index >= 15 is 0 Å². The highest BCUT2D eigenvalue weighted by Crippen LogP contribution is 2.27. The third-order valence-electron chi connectivity index (χ3n) is 1.75. The zero-order chi connectivity index (χ0) is 9.26. The summed E-state index contributed by atoms with van der Waals surface area (Å²) in [7, 11) is 0. The van der Waals surface area contributed by atoms with E-state index < -0.39 is 0 Å². The zero-order valence-electron chi connectivity index (χ0n) is 7.19. The van der Waals surface area contributed by atoms with Crippen LogP contribution in [0.5, 0.6) is 5.75 Å². The molecule has 1 aromatic heterocycles.